The van der Waals surface area contributed by atoms with Crippen LogP contribution >= 0.6 is 23.2 Å². The summed E-state index contributed by atoms with van der Waals surface area (Å²) in [6, 6.07) is 6.04. The molecule has 0 aromatic heterocycles. The fraction of sp³-hybridized carbons (Fsp3) is 0.682. The number of fused-ring (bicyclic) bond motifs is 1. The van der Waals surface area contributed by atoms with Crippen LogP contribution in [0.3, 0.4) is 0 Å². The summed E-state index contributed by atoms with van der Waals surface area (Å²) in [7, 11) is 1.74. The summed E-state index contributed by atoms with van der Waals surface area (Å²) in [6.45, 7) is 6.65. The average Bonchev–Trinajstić information content (AvgIpc) is 3.29. The highest BCUT2D eigenvalue weighted by Gasteiger charge is 2.47. The number of hydrogen-bond acceptors (Lipinski definition) is 5. The lowest BCUT2D eigenvalue weighted by molar-refractivity contribution is -0.153. The van der Waals surface area contributed by atoms with Crippen molar-refractivity contribution in [3.8, 4) is 0 Å². The molecule has 30 heavy (non-hydrogen) atoms. The number of benzene rings is 1. The molecule has 0 radical (unpaired) electrons. The molecule has 1 amide bonds. The quantitative estimate of drug-likeness (QED) is 0.659. The highest BCUT2D eigenvalue weighted by atomic mass is 35.5. The normalized spacial score (nSPS) is 28.0. The van der Waals surface area contributed by atoms with E-state index in [0.29, 0.717) is 36.3 Å². The predicted octanol–water partition coefficient (Wildman–Crippen LogP) is 2.56. The Morgan fingerprint density at radius 2 is 1.87 bits per heavy atom. The lowest BCUT2D eigenvalue weighted by atomic mass is 9.91. The van der Waals surface area contributed by atoms with Crippen molar-refractivity contribution in [2.45, 2.75) is 37.4 Å². The van der Waals surface area contributed by atoms with E-state index >= 15 is 0 Å². The summed E-state index contributed by atoms with van der Waals surface area (Å²) >= 11 is 12.2. The number of carbonyl (C=O) groups excluding carboxylic acids is 1. The number of likely N-dealkylation sites (tertiary alicyclic amines) is 1. The molecule has 0 saturated carbocycles. The van der Waals surface area contributed by atoms with E-state index in [0.717, 1.165) is 38.3 Å². The van der Waals surface area contributed by atoms with Gasteiger partial charge in [-0.15, -0.1) is 0 Å². The zero-order chi connectivity index (χ0) is 21.1. The van der Waals surface area contributed by atoms with E-state index in [1.54, 1.807) is 19.2 Å². The molecule has 166 valence electrons. The number of rotatable bonds is 6. The van der Waals surface area contributed by atoms with Gasteiger partial charge in [-0.2, -0.15) is 0 Å². The summed E-state index contributed by atoms with van der Waals surface area (Å²) < 4.78 is 11.4. The van der Waals surface area contributed by atoms with E-state index in [-0.39, 0.29) is 24.0 Å². The maximum absolute atomic E-state index is 13.4. The molecule has 8 heteroatoms. The molecule has 0 N–H and O–H groups in total. The maximum atomic E-state index is 13.4. The van der Waals surface area contributed by atoms with Gasteiger partial charge in [0.15, 0.2) is 0 Å². The summed E-state index contributed by atoms with van der Waals surface area (Å²) in [4.78, 5) is 20.5. The van der Waals surface area contributed by atoms with E-state index in [1.807, 2.05) is 6.07 Å². The molecule has 3 aliphatic rings. The summed E-state index contributed by atoms with van der Waals surface area (Å²) in [5.41, 5.74) is 0.901. The number of nitrogens with zero attached hydrogens (tertiary/aromatic N) is 3. The van der Waals surface area contributed by atoms with Crippen LogP contribution in [-0.2, 0) is 20.7 Å². The van der Waals surface area contributed by atoms with Crippen LogP contribution in [0.2, 0.25) is 10.0 Å². The van der Waals surface area contributed by atoms with Gasteiger partial charge in [-0.05, 0) is 43.6 Å². The van der Waals surface area contributed by atoms with Crippen LogP contribution in [0, 0.1) is 0 Å². The zero-order valence-corrected chi connectivity index (χ0v) is 19.1. The molecule has 6 nitrogen and oxygen atoms in total. The van der Waals surface area contributed by atoms with E-state index < -0.39 is 0 Å². The topological polar surface area (TPSA) is 45.3 Å². The molecule has 0 spiro atoms. The summed E-state index contributed by atoms with van der Waals surface area (Å²) in [5.74, 6) is 0.154. The van der Waals surface area contributed by atoms with Crippen molar-refractivity contribution in [1.29, 1.82) is 0 Å². The van der Waals surface area contributed by atoms with Gasteiger partial charge in [0, 0.05) is 26.7 Å². The Bertz CT molecular complexity index is 744. The van der Waals surface area contributed by atoms with Gasteiger partial charge in [0.25, 0.3) is 0 Å². The van der Waals surface area contributed by atoms with Crippen molar-refractivity contribution in [2.24, 2.45) is 0 Å². The standard InChI is InChI=1S/C22H31Cl2N3O3/c1-29-11-10-26-8-9-27(21(28)13-16-4-5-17(23)18(24)12-16)22-19(14-30-15-20(22)26)25-6-2-3-7-25/h4-5,12,19-20,22H,2-3,6-11,13-15H2,1H3/t19-,20?,22+/m0/s1. The molecule has 1 aromatic rings. The Hall–Kier alpha value is -0.890. The Morgan fingerprint density at radius 3 is 2.60 bits per heavy atom. The molecular formula is C22H31Cl2N3O3. The molecule has 1 aromatic carbocycles. The third-order valence-corrected chi connectivity index (χ3v) is 7.41. The second kappa shape index (κ2) is 10.2. The van der Waals surface area contributed by atoms with Gasteiger partial charge >= 0.3 is 0 Å². The van der Waals surface area contributed by atoms with Gasteiger partial charge < -0.3 is 14.4 Å². The van der Waals surface area contributed by atoms with Crippen LogP contribution in [0.15, 0.2) is 18.2 Å². The van der Waals surface area contributed by atoms with Crippen LogP contribution in [-0.4, -0.2) is 98.4 Å². The molecular weight excluding hydrogens is 425 g/mol. The first-order chi connectivity index (χ1) is 14.6. The summed E-state index contributed by atoms with van der Waals surface area (Å²) in [5, 5.41) is 1.00. The van der Waals surface area contributed by atoms with Crippen molar-refractivity contribution >= 4 is 29.1 Å². The lowest BCUT2D eigenvalue weighted by Gasteiger charge is -2.54. The number of ether oxygens (including phenoxy) is 2. The first-order valence-electron chi connectivity index (χ1n) is 10.9. The monoisotopic (exact) mass is 455 g/mol. The van der Waals surface area contributed by atoms with E-state index in [2.05, 4.69) is 14.7 Å². The largest absolute Gasteiger partial charge is 0.383 e. The Balaban J connectivity index is 1.55. The smallest absolute Gasteiger partial charge is 0.227 e. The van der Waals surface area contributed by atoms with Gasteiger partial charge in [-0.3, -0.25) is 14.6 Å². The molecule has 4 rings (SSSR count). The molecule has 3 saturated heterocycles. The minimum atomic E-state index is 0.137. The van der Waals surface area contributed by atoms with Crippen LogP contribution in [0.1, 0.15) is 18.4 Å². The number of amides is 1. The molecule has 3 atom stereocenters. The van der Waals surface area contributed by atoms with Crippen molar-refractivity contribution in [3.05, 3.63) is 33.8 Å². The van der Waals surface area contributed by atoms with Gasteiger partial charge in [-0.25, -0.2) is 0 Å². The SMILES string of the molecule is COCCN1CCN(C(=O)Cc2ccc(Cl)c(Cl)c2)[C@H]2C1COC[C@@H]2N1CCCC1. The van der Waals surface area contributed by atoms with Crippen molar-refractivity contribution in [3.63, 3.8) is 0 Å². The predicted molar refractivity (Wildman–Crippen MR) is 118 cm³/mol. The summed E-state index contributed by atoms with van der Waals surface area (Å²) in [6.07, 6.45) is 2.78. The van der Waals surface area contributed by atoms with Crippen LogP contribution in [0.4, 0.5) is 0 Å². The maximum Gasteiger partial charge on any atom is 0.227 e. The first-order valence-corrected chi connectivity index (χ1v) is 11.6. The van der Waals surface area contributed by atoms with Crippen molar-refractivity contribution in [2.75, 3.05) is 59.7 Å². The minimum absolute atomic E-state index is 0.137. The van der Waals surface area contributed by atoms with Gasteiger partial charge in [0.1, 0.15) is 0 Å². The Kier molecular flexibility index (Phi) is 7.55. The fourth-order valence-electron chi connectivity index (χ4n) is 5.15. The fourth-order valence-corrected chi connectivity index (χ4v) is 5.47. The number of piperazine rings is 1. The molecule has 0 aliphatic carbocycles. The van der Waals surface area contributed by atoms with E-state index in [4.69, 9.17) is 32.7 Å². The highest BCUT2D eigenvalue weighted by Crippen LogP contribution is 2.30. The molecule has 3 aliphatic heterocycles. The van der Waals surface area contributed by atoms with Gasteiger partial charge in [-0.1, -0.05) is 29.3 Å². The Labute approximate surface area is 189 Å². The van der Waals surface area contributed by atoms with Crippen LogP contribution in [0.25, 0.3) is 0 Å². The third kappa shape index (κ3) is 4.79. The van der Waals surface area contributed by atoms with Gasteiger partial charge in [0.2, 0.25) is 5.91 Å². The number of hydrogen-bond donors (Lipinski definition) is 0. The molecule has 1 unspecified atom stereocenters. The second-order valence-corrected chi connectivity index (χ2v) is 9.26. The molecule has 0 bridgehead atoms. The highest BCUT2D eigenvalue weighted by molar-refractivity contribution is 6.42. The van der Waals surface area contributed by atoms with Crippen LogP contribution < -0.4 is 0 Å². The van der Waals surface area contributed by atoms with Crippen molar-refractivity contribution in [1.82, 2.24) is 14.7 Å². The first kappa shape index (κ1) is 22.3. The van der Waals surface area contributed by atoms with Crippen molar-refractivity contribution < 1.29 is 14.3 Å². The number of methoxy groups -OCH3 is 1. The minimum Gasteiger partial charge on any atom is -0.383 e. The molecule has 3 heterocycles. The van der Waals surface area contributed by atoms with Gasteiger partial charge in [0.05, 0.1) is 54.4 Å². The molecule has 3 fully saturated rings. The Morgan fingerprint density at radius 1 is 1.10 bits per heavy atom. The second-order valence-electron chi connectivity index (χ2n) is 8.45. The lowest BCUT2D eigenvalue weighted by Crippen LogP contribution is -2.71. The van der Waals surface area contributed by atoms with E-state index in [1.165, 1.54) is 12.8 Å². The number of carbonyl (C=O) groups is 1. The average molecular weight is 456 g/mol. The third-order valence-electron chi connectivity index (χ3n) is 6.67. The van der Waals surface area contributed by atoms with Crippen LogP contribution in [0.5, 0.6) is 0 Å². The zero-order valence-electron chi connectivity index (χ0n) is 17.6. The van der Waals surface area contributed by atoms with E-state index in [9.17, 15) is 4.79 Å². The number of halogens is 2.